The van der Waals surface area contributed by atoms with E-state index in [0.717, 1.165) is 12.3 Å². The van der Waals surface area contributed by atoms with E-state index in [1.165, 1.54) is 18.2 Å². The number of nitrogens with one attached hydrogen (secondary N) is 1. The Labute approximate surface area is 147 Å². The van der Waals surface area contributed by atoms with E-state index in [1.807, 2.05) is 4.90 Å². The lowest BCUT2D eigenvalue weighted by Gasteiger charge is -2.32. The average Bonchev–Trinajstić information content (AvgIpc) is 2.63. The number of nitrogens with zero attached hydrogens (tertiary/aromatic N) is 2. The first-order valence-electron chi connectivity index (χ1n) is 8.18. The predicted octanol–water partition coefficient (Wildman–Crippen LogP) is 4.09. The number of para-hydroxylation sites is 1. The number of hydrogen-bond acceptors (Lipinski definition) is 3. The Kier molecular flexibility index (Phi) is 5.11. The number of amides is 1. The van der Waals surface area contributed by atoms with Gasteiger partial charge >= 0.3 is 6.18 Å². The molecule has 1 aliphatic rings. The van der Waals surface area contributed by atoms with Crippen molar-refractivity contribution in [3.8, 4) is 0 Å². The third kappa shape index (κ3) is 4.12. The molecule has 0 saturated carbocycles. The van der Waals surface area contributed by atoms with Gasteiger partial charge in [-0.2, -0.15) is 13.2 Å². The SMILES string of the molecule is O=C(Nc1ccccc1F)C1CCN(c2ccc(C(F)(F)F)cn2)CC1. The third-order valence-corrected chi connectivity index (χ3v) is 4.40. The van der Waals surface area contributed by atoms with Gasteiger partial charge in [-0.1, -0.05) is 12.1 Å². The molecule has 1 amide bonds. The van der Waals surface area contributed by atoms with Crippen molar-refractivity contribution >= 4 is 17.4 Å². The highest BCUT2D eigenvalue weighted by molar-refractivity contribution is 5.92. The zero-order valence-corrected chi connectivity index (χ0v) is 13.8. The van der Waals surface area contributed by atoms with Crippen LogP contribution < -0.4 is 10.2 Å². The summed E-state index contributed by atoms with van der Waals surface area (Å²) in [7, 11) is 0. The van der Waals surface area contributed by atoms with Crippen molar-refractivity contribution in [2.45, 2.75) is 19.0 Å². The van der Waals surface area contributed by atoms with Crippen molar-refractivity contribution in [3.63, 3.8) is 0 Å². The van der Waals surface area contributed by atoms with E-state index in [4.69, 9.17) is 0 Å². The van der Waals surface area contributed by atoms with Crippen LogP contribution in [0.4, 0.5) is 29.1 Å². The number of halogens is 4. The van der Waals surface area contributed by atoms with Crippen LogP contribution in [-0.2, 0) is 11.0 Å². The quantitative estimate of drug-likeness (QED) is 0.831. The fourth-order valence-electron chi connectivity index (χ4n) is 2.91. The highest BCUT2D eigenvalue weighted by atomic mass is 19.4. The average molecular weight is 367 g/mol. The van der Waals surface area contributed by atoms with Crippen molar-refractivity contribution in [1.29, 1.82) is 0 Å². The van der Waals surface area contributed by atoms with Crippen molar-refractivity contribution in [3.05, 3.63) is 54.0 Å². The van der Waals surface area contributed by atoms with Crippen molar-refractivity contribution < 1.29 is 22.4 Å². The molecule has 3 rings (SSSR count). The van der Waals surface area contributed by atoms with E-state index >= 15 is 0 Å². The molecule has 0 radical (unpaired) electrons. The largest absolute Gasteiger partial charge is 0.417 e. The number of alkyl halides is 3. The van der Waals surface area contributed by atoms with E-state index < -0.39 is 17.6 Å². The van der Waals surface area contributed by atoms with Gasteiger partial charge in [0.1, 0.15) is 11.6 Å². The van der Waals surface area contributed by atoms with Gasteiger partial charge in [0.25, 0.3) is 0 Å². The number of carbonyl (C=O) groups excluding carboxylic acids is 1. The summed E-state index contributed by atoms with van der Waals surface area (Å²) in [5, 5.41) is 2.59. The maximum Gasteiger partial charge on any atom is 0.417 e. The molecule has 1 N–H and O–H groups in total. The Morgan fingerprint density at radius 1 is 1.12 bits per heavy atom. The van der Waals surface area contributed by atoms with Gasteiger partial charge in [0.05, 0.1) is 11.3 Å². The molecule has 1 aromatic carbocycles. The van der Waals surface area contributed by atoms with Gasteiger partial charge in [0.2, 0.25) is 5.91 Å². The van der Waals surface area contributed by atoms with Crippen molar-refractivity contribution in [2.75, 3.05) is 23.3 Å². The summed E-state index contributed by atoms with van der Waals surface area (Å²) in [5.41, 5.74) is -0.648. The second-order valence-corrected chi connectivity index (χ2v) is 6.13. The van der Waals surface area contributed by atoms with Crippen LogP contribution >= 0.6 is 0 Å². The standard InChI is InChI=1S/C18H17F4N3O/c19-14-3-1-2-4-15(14)24-17(26)12-7-9-25(10-8-12)16-6-5-13(11-23-16)18(20,21)22/h1-6,11-12H,7-10H2,(H,24,26). The summed E-state index contributed by atoms with van der Waals surface area (Å²) in [5.74, 6) is -0.575. The first-order chi connectivity index (χ1) is 12.3. The first kappa shape index (κ1) is 18.2. The van der Waals surface area contributed by atoms with Gasteiger partial charge in [-0.25, -0.2) is 9.37 Å². The molecule has 2 heterocycles. The Morgan fingerprint density at radius 2 is 1.81 bits per heavy atom. The molecule has 26 heavy (non-hydrogen) atoms. The molecule has 0 spiro atoms. The fourth-order valence-corrected chi connectivity index (χ4v) is 2.91. The van der Waals surface area contributed by atoms with E-state index in [0.29, 0.717) is 31.7 Å². The van der Waals surface area contributed by atoms with Crippen molar-refractivity contribution in [1.82, 2.24) is 4.98 Å². The zero-order chi connectivity index (χ0) is 18.7. The summed E-state index contributed by atoms with van der Waals surface area (Å²) >= 11 is 0. The molecule has 1 aliphatic heterocycles. The number of aromatic nitrogens is 1. The molecule has 8 heteroatoms. The molecular formula is C18H17F4N3O. The van der Waals surface area contributed by atoms with Crippen LogP contribution in [0.3, 0.4) is 0 Å². The van der Waals surface area contributed by atoms with Gasteiger partial charge < -0.3 is 10.2 Å². The van der Waals surface area contributed by atoms with Crippen LogP contribution in [0, 0.1) is 11.7 Å². The van der Waals surface area contributed by atoms with Crippen LogP contribution in [0.1, 0.15) is 18.4 Å². The predicted molar refractivity (Wildman–Crippen MR) is 89.2 cm³/mol. The van der Waals surface area contributed by atoms with Crippen LogP contribution in [0.25, 0.3) is 0 Å². The fraction of sp³-hybridized carbons (Fsp3) is 0.333. The van der Waals surface area contributed by atoms with Gasteiger partial charge in [-0.15, -0.1) is 0 Å². The van der Waals surface area contributed by atoms with Crippen LogP contribution in [0.2, 0.25) is 0 Å². The normalized spacial score (nSPS) is 15.8. The molecule has 138 valence electrons. The Hall–Kier alpha value is -2.64. The summed E-state index contributed by atoms with van der Waals surface area (Å²) in [6.07, 6.45) is -2.57. The van der Waals surface area contributed by atoms with Crippen LogP contribution in [0.15, 0.2) is 42.6 Å². The first-order valence-corrected chi connectivity index (χ1v) is 8.18. The summed E-state index contributed by atoms with van der Waals surface area (Å²) in [6.45, 7) is 0.988. The van der Waals surface area contributed by atoms with E-state index in [1.54, 1.807) is 12.1 Å². The Morgan fingerprint density at radius 3 is 2.38 bits per heavy atom. The van der Waals surface area contributed by atoms with Gasteiger partial charge in [-0.3, -0.25) is 4.79 Å². The number of anilines is 2. The minimum Gasteiger partial charge on any atom is -0.357 e. The lowest BCUT2D eigenvalue weighted by atomic mass is 9.95. The lowest BCUT2D eigenvalue weighted by molar-refractivity contribution is -0.137. The maximum absolute atomic E-state index is 13.6. The lowest BCUT2D eigenvalue weighted by Crippen LogP contribution is -2.38. The maximum atomic E-state index is 13.6. The highest BCUT2D eigenvalue weighted by Gasteiger charge is 2.31. The topological polar surface area (TPSA) is 45.2 Å². The second kappa shape index (κ2) is 7.31. The molecule has 0 atom stereocenters. The Bertz CT molecular complexity index is 769. The minimum atomic E-state index is -4.41. The molecule has 0 aliphatic carbocycles. The smallest absolute Gasteiger partial charge is 0.357 e. The summed E-state index contributed by atoms with van der Waals surface area (Å²) < 4.78 is 51.4. The van der Waals surface area contributed by atoms with Crippen molar-refractivity contribution in [2.24, 2.45) is 5.92 Å². The molecule has 0 unspecified atom stereocenters. The van der Waals surface area contributed by atoms with E-state index in [-0.39, 0.29) is 17.5 Å². The number of benzene rings is 1. The third-order valence-electron chi connectivity index (χ3n) is 4.40. The molecular weight excluding hydrogens is 350 g/mol. The second-order valence-electron chi connectivity index (χ2n) is 6.13. The number of rotatable bonds is 3. The highest BCUT2D eigenvalue weighted by Crippen LogP contribution is 2.30. The van der Waals surface area contributed by atoms with Gasteiger partial charge in [-0.05, 0) is 37.1 Å². The number of piperidine rings is 1. The molecule has 1 saturated heterocycles. The van der Waals surface area contributed by atoms with Crippen LogP contribution in [0.5, 0.6) is 0 Å². The number of carbonyl (C=O) groups is 1. The molecule has 4 nitrogen and oxygen atoms in total. The minimum absolute atomic E-state index is 0.143. The number of pyridine rings is 1. The van der Waals surface area contributed by atoms with Gasteiger partial charge in [0, 0.05) is 25.2 Å². The Balaban J connectivity index is 1.57. The summed E-state index contributed by atoms with van der Waals surface area (Å²) in [6, 6.07) is 8.28. The molecule has 1 fully saturated rings. The van der Waals surface area contributed by atoms with E-state index in [2.05, 4.69) is 10.3 Å². The zero-order valence-electron chi connectivity index (χ0n) is 13.8. The number of hydrogen-bond donors (Lipinski definition) is 1. The van der Waals surface area contributed by atoms with Gasteiger partial charge in [0.15, 0.2) is 0 Å². The van der Waals surface area contributed by atoms with E-state index in [9.17, 15) is 22.4 Å². The molecule has 0 bridgehead atoms. The molecule has 1 aromatic heterocycles. The molecule has 2 aromatic rings. The monoisotopic (exact) mass is 367 g/mol. The summed E-state index contributed by atoms with van der Waals surface area (Å²) in [4.78, 5) is 18.0. The van der Waals surface area contributed by atoms with Crippen LogP contribution in [-0.4, -0.2) is 24.0 Å².